The molecule has 4 nitrogen and oxygen atoms in total. The highest BCUT2D eigenvalue weighted by Gasteiger charge is 2.11. The van der Waals surface area contributed by atoms with Crippen LogP contribution in [0.3, 0.4) is 0 Å². The molecule has 3 rings (SSSR count). The Kier molecular flexibility index (Phi) is 3.33. The monoisotopic (exact) mass is 274 g/mol. The van der Waals surface area contributed by atoms with Gasteiger partial charge in [-0.1, -0.05) is 0 Å². The maximum absolute atomic E-state index is 13.0. The molecule has 2 aromatic rings. The lowest BCUT2D eigenvalue weighted by atomic mass is 10.2. The van der Waals surface area contributed by atoms with Crippen molar-refractivity contribution in [3.05, 3.63) is 42.2 Å². The highest BCUT2D eigenvalue weighted by Crippen LogP contribution is 2.34. The SMILES string of the molecule is Nc1cc(F)ccc1Nc1ccc2c(c1)OCCCO2. The van der Waals surface area contributed by atoms with E-state index in [0.717, 1.165) is 17.9 Å². The Morgan fingerprint density at radius 2 is 1.80 bits per heavy atom. The molecule has 0 aromatic heterocycles. The Morgan fingerprint density at radius 1 is 1.00 bits per heavy atom. The van der Waals surface area contributed by atoms with E-state index in [1.807, 2.05) is 18.2 Å². The number of hydrogen-bond donors (Lipinski definition) is 2. The molecule has 104 valence electrons. The maximum Gasteiger partial charge on any atom is 0.163 e. The zero-order chi connectivity index (χ0) is 13.9. The number of rotatable bonds is 2. The van der Waals surface area contributed by atoms with E-state index in [4.69, 9.17) is 15.2 Å². The quantitative estimate of drug-likeness (QED) is 0.825. The number of fused-ring (bicyclic) bond motifs is 1. The third kappa shape index (κ3) is 2.61. The molecule has 0 amide bonds. The summed E-state index contributed by atoms with van der Waals surface area (Å²) >= 11 is 0. The summed E-state index contributed by atoms with van der Waals surface area (Å²) in [5, 5.41) is 3.14. The number of nitrogens with two attached hydrogens (primary N) is 1. The van der Waals surface area contributed by atoms with E-state index in [1.165, 1.54) is 12.1 Å². The minimum Gasteiger partial charge on any atom is -0.490 e. The van der Waals surface area contributed by atoms with Gasteiger partial charge in [0.25, 0.3) is 0 Å². The summed E-state index contributed by atoms with van der Waals surface area (Å²) in [5.74, 6) is 1.08. The highest BCUT2D eigenvalue weighted by molar-refractivity contribution is 5.73. The van der Waals surface area contributed by atoms with Gasteiger partial charge >= 0.3 is 0 Å². The Morgan fingerprint density at radius 3 is 2.60 bits per heavy atom. The smallest absolute Gasteiger partial charge is 0.163 e. The summed E-state index contributed by atoms with van der Waals surface area (Å²) in [6, 6.07) is 9.82. The van der Waals surface area contributed by atoms with E-state index in [-0.39, 0.29) is 5.82 Å². The molecule has 0 saturated heterocycles. The number of halogens is 1. The van der Waals surface area contributed by atoms with Gasteiger partial charge in [0.2, 0.25) is 0 Å². The van der Waals surface area contributed by atoms with Crippen molar-refractivity contribution in [1.82, 2.24) is 0 Å². The molecule has 0 aliphatic carbocycles. The number of nitrogens with one attached hydrogen (secondary N) is 1. The number of ether oxygens (including phenoxy) is 2. The third-order valence-corrected chi connectivity index (χ3v) is 3.04. The third-order valence-electron chi connectivity index (χ3n) is 3.04. The second-order valence-corrected chi connectivity index (χ2v) is 4.57. The van der Waals surface area contributed by atoms with Gasteiger partial charge in [0.05, 0.1) is 24.6 Å². The fourth-order valence-electron chi connectivity index (χ4n) is 2.04. The fourth-order valence-corrected chi connectivity index (χ4v) is 2.04. The van der Waals surface area contributed by atoms with Gasteiger partial charge in [0.1, 0.15) is 5.82 Å². The lowest BCUT2D eigenvalue weighted by molar-refractivity contribution is 0.297. The summed E-state index contributed by atoms with van der Waals surface area (Å²) in [7, 11) is 0. The molecule has 5 heteroatoms. The van der Waals surface area contributed by atoms with Crippen LogP contribution in [0.4, 0.5) is 21.5 Å². The maximum atomic E-state index is 13.0. The van der Waals surface area contributed by atoms with E-state index < -0.39 is 0 Å². The van der Waals surface area contributed by atoms with Crippen LogP contribution in [0, 0.1) is 5.82 Å². The predicted octanol–water partition coefficient (Wildman–Crippen LogP) is 3.31. The van der Waals surface area contributed by atoms with Gasteiger partial charge in [-0.05, 0) is 30.3 Å². The first-order valence-corrected chi connectivity index (χ1v) is 6.44. The molecule has 0 atom stereocenters. The van der Waals surface area contributed by atoms with E-state index in [0.29, 0.717) is 30.3 Å². The fraction of sp³-hybridized carbons (Fsp3) is 0.200. The van der Waals surface area contributed by atoms with Gasteiger partial charge in [0.15, 0.2) is 11.5 Å². The Balaban J connectivity index is 1.86. The molecule has 1 heterocycles. The summed E-state index contributed by atoms with van der Waals surface area (Å²) in [6.07, 6.45) is 0.863. The molecule has 0 fully saturated rings. The number of benzene rings is 2. The minimum absolute atomic E-state index is 0.355. The van der Waals surface area contributed by atoms with Crippen LogP contribution >= 0.6 is 0 Å². The zero-order valence-corrected chi connectivity index (χ0v) is 10.9. The van der Waals surface area contributed by atoms with Crippen LogP contribution in [0.2, 0.25) is 0 Å². The molecule has 0 saturated carbocycles. The molecule has 3 N–H and O–H groups in total. The van der Waals surface area contributed by atoms with Crippen molar-refractivity contribution in [2.24, 2.45) is 0 Å². The summed E-state index contributed by atoms with van der Waals surface area (Å²) < 4.78 is 24.2. The van der Waals surface area contributed by atoms with Crippen LogP contribution in [-0.2, 0) is 0 Å². The minimum atomic E-state index is -0.355. The van der Waals surface area contributed by atoms with E-state index in [1.54, 1.807) is 6.07 Å². The lowest BCUT2D eigenvalue weighted by Crippen LogP contribution is -1.98. The molecule has 1 aliphatic rings. The van der Waals surface area contributed by atoms with Crippen LogP contribution in [0.25, 0.3) is 0 Å². The molecular formula is C15H15FN2O2. The number of anilines is 3. The van der Waals surface area contributed by atoms with Crippen LogP contribution in [-0.4, -0.2) is 13.2 Å². The zero-order valence-electron chi connectivity index (χ0n) is 10.9. The van der Waals surface area contributed by atoms with Gasteiger partial charge in [-0.3, -0.25) is 0 Å². The largest absolute Gasteiger partial charge is 0.490 e. The molecule has 20 heavy (non-hydrogen) atoms. The predicted molar refractivity (Wildman–Crippen MR) is 76.1 cm³/mol. The summed E-state index contributed by atoms with van der Waals surface area (Å²) in [6.45, 7) is 1.29. The van der Waals surface area contributed by atoms with Crippen LogP contribution in [0.15, 0.2) is 36.4 Å². The molecular weight excluding hydrogens is 259 g/mol. The van der Waals surface area contributed by atoms with Gasteiger partial charge in [-0.15, -0.1) is 0 Å². The van der Waals surface area contributed by atoms with E-state index in [9.17, 15) is 4.39 Å². The standard InChI is InChI=1S/C15H15FN2O2/c16-10-2-4-13(12(17)8-10)18-11-3-5-14-15(9-11)20-7-1-6-19-14/h2-5,8-9,18H,1,6-7,17H2. The van der Waals surface area contributed by atoms with Gasteiger partial charge in [-0.2, -0.15) is 0 Å². The van der Waals surface area contributed by atoms with E-state index >= 15 is 0 Å². The van der Waals surface area contributed by atoms with Crippen molar-refractivity contribution >= 4 is 17.1 Å². The molecule has 1 aliphatic heterocycles. The Bertz CT molecular complexity index is 631. The second kappa shape index (κ2) is 5.28. The molecule has 0 radical (unpaired) electrons. The number of nitrogen functional groups attached to an aromatic ring is 1. The first-order chi connectivity index (χ1) is 9.72. The normalized spacial score (nSPS) is 13.7. The van der Waals surface area contributed by atoms with Crippen molar-refractivity contribution < 1.29 is 13.9 Å². The summed E-state index contributed by atoms with van der Waals surface area (Å²) in [4.78, 5) is 0. The van der Waals surface area contributed by atoms with Crippen molar-refractivity contribution in [2.45, 2.75) is 6.42 Å². The molecule has 0 unspecified atom stereocenters. The first kappa shape index (κ1) is 12.6. The molecule has 2 aromatic carbocycles. The van der Waals surface area contributed by atoms with Gasteiger partial charge in [-0.25, -0.2) is 4.39 Å². The second-order valence-electron chi connectivity index (χ2n) is 4.57. The van der Waals surface area contributed by atoms with Crippen molar-refractivity contribution in [2.75, 3.05) is 24.3 Å². The van der Waals surface area contributed by atoms with Crippen molar-refractivity contribution in [3.8, 4) is 11.5 Å². The van der Waals surface area contributed by atoms with Crippen molar-refractivity contribution in [3.63, 3.8) is 0 Å². The molecule has 0 spiro atoms. The lowest BCUT2D eigenvalue weighted by Gasteiger charge is -2.12. The summed E-state index contributed by atoms with van der Waals surface area (Å²) in [5.41, 5.74) is 7.60. The van der Waals surface area contributed by atoms with Crippen LogP contribution in [0.1, 0.15) is 6.42 Å². The van der Waals surface area contributed by atoms with Crippen LogP contribution < -0.4 is 20.5 Å². The van der Waals surface area contributed by atoms with E-state index in [2.05, 4.69) is 5.32 Å². The van der Waals surface area contributed by atoms with Gasteiger partial charge in [0, 0.05) is 18.2 Å². The Labute approximate surface area is 116 Å². The van der Waals surface area contributed by atoms with Crippen molar-refractivity contribution in [1.29, 1.82) is 0 Å². The molecule has 0 bridgehead atoms. The topological polar surface area (TPSA) is 56.5 Å². The van der Waals surface area contributed by atoms with Gasteiger partial charge < -0.3 is 20.5 Å². The Hall–Kier alpha value is -2.43. The first-order valence-electron chi connectivity index (χ1n) is 6.44. The number of hydrogen-bond acceptors (Lipinski definition) is 4. The highest BCUT2D eigenvalue weighted by atomic mass is 19.1. The average Bonchev–Trinajstić information content (AvgIpc) is 2.66. The van der Waals surface area contributed by atoms with Crippen LogP contribution in [0.5, 0.6) is 11.5 Å². The average molecular weight is 274 g/mol.